The second-order valence-corrected chi connectivity index (χ2v) is 10.4. The molecule has 4 heterocycles. The van der Waals surface area contributed by atoms with E-state index >= 15 is 0 Å². The molecular weight excluding hydrogens is 510 g/mol. The van der Waals surface area contributed by atoms with Crippen molar-refractivity contribution in [1.82, 2.24) is 0 Å². The third-order valence-corrected chi connectivity index (χ3v) is 7.45. The SMILES string of the molecule is C[C@H]1C=C[C@@H]2O[C@H]1C(=O)O[C@H](CN)[C@@H]1C=C[C@H](C)[C@@H](O1)C(=O)O[C@H](CN)[C@@H]1C=C[C@H](C)[C@@H](O1)C(=O)O[C@@H]2CN. The Labute approximate surface area is 227 Å². The normalized spacial score (nSPS) is 43.1. The quantitative estimate of drug-likeness (QED) is 0.233. The zero-order valence-corrected chi connectivity index (χ0v) is 22.4. The van der Waals surface area contributed by atoms with E-state index in [0.717, 1.165) is 0 Å². The van der Waals surface area contributed by atoms with Crippen LogP contribution in [0.5, 0.6) is 0 Å². The monoisotopic (exact) mass is 549 g/mol. The molecule has 4 rings (SSSR count). The highest BCUT2D eigenvalue weighted by atomic mass is 16.6. The molecule has 0 saturated carbocycles. The molecular formula is C27H39N3O9. The highest BCUT2D eigenvalue weighted by Crippen LogP contribution is 2.29. The van der Waals surface area contributed by atoms with Gasteiger partial charge in [-0.3, -0.25) is 0 Å². The van der Waals surface area contributed by atoms with Crippen LogP contribution in [0.4, 0.5) is 0 Å². The average molecular weight is 550 g/mol. The first-order chi connectivity index (χ1) is 18.7. The molecule has 39 heavy (non-hydrogen) atoms. The van der Waals surface area contributed by atoms with Gasteiger partial charge in [-0.1, -0.05) is 57.2 Å². The summed E-state index contributed by atoms with van der Waals surface area (Å²) in [5, 5.41) is 0. The van der Waals surface area contributed by atoms with Crippen molar-refractivity contribution in [3.05, 3.63) is 36.5 Å². The third kappa shape index (κ3) is 6.42. The smallest absolute Gasteiger partial charge is 0.336 e. The van der Waals surface area contributed by atoms with Crippen molar-refractivity contribution < 1.29 is 42.8 Å². The van der Waals surface area contributed by atoms with E-state index in [1.807, 2.05) is 0 Å². The first-order valence-electron chi connectivity index (χ1n) is 13.4. The van der Waals surface area contributed by atoms with E-state index in [4.69, 9.17) is 45.6 Å². The molecule has 1 fully saturated rings. The van der Waals surface area contributed by atoms with Crippen molar-refractivity contribution in [1.29, 1.82) is 0 Å². The molecule has 0 aromatic rings. The Morgan fingerprint density at radius 2 is 0.769 bits per heavy atom. The number of hydrogen-bond acceptors (Lipinski definition) is 12. The Balaban J connectivity index is 1.68. The Hall–Kier alpha value is -2.61. The van der Waals surface area contributed by atoms with Crippen molar-refractivity contribution in [2.45, 2.75) is 75.7 Å². The molecule has 0 aromatic heterocycles. The minimum atomic E-state index is -1.00. The van der Waals surface area contributed by atoms with E-state index in [1.54, 1.807) is 57.2 Å². The molecule has 6 bridgehead atoms. The number of carbonyl (C=O) groups excluding carboxylic acids is 3. The predicted molar refractivity (Wildman–Crippen MR) is 138 cm³/mol. The van der Waals surface area contributed by atoms with Crippen molar-refractivity contribution in [3.8, 4) is 0 Å². The molecule has 216 valence electrons. The fraction of sp³-hybridized carbons (Fsp3) is 0.667. The Kier molecular flexibility index (Phi) is 9.57. The van der Waals surface area contributed by atoms with Gasteiger partial charge in [0.1, 0.15) is 36.6 Å². The van der Waals surface area contributed by atoms with Crippen molar-refractivity contribution in [2.24, 2.45) is 35.0 Å². The molecule has 1 saturated heterocycles. The maximum absolute atomic E-state index is 13.2. The molecule has 6 N–H and O–H groups in total. The molecule has 0 aromatic carbocycles. The third-order valence-electron chi connectivity index (χ3n) is 7.45. The van der Waals surface area contributed by atoms with Crippen LogP contribution in [0.2, 0.25) is 0 Å². The zero-order chi connectivity index (χ0) is 28.3. The van der Waals surface area contributed by atoms with Crippen LogP contribution in [0.15, 0.2) is 36.5 Å². The second kappa shape index (κ2) is 12.7. The van der Waals surface area contributed by atoms with Crippen LogP contribution >= 0.6 is 0 Å². The molecule has 12 atom stereocenters. The van der Waals surface area contributed by atoms with Gasteiger partial charge >= 0.3 is 17.9 Å². The number of hydrogen-bond donors (Lipinski definition) is 3. The maximum Gasteiger partial charge on any atom is 0.336 e. The molecule has 12 nitrogen and oxygen atoms in total. The molecule has 0 radical (unpaired) electrons. The number of esters is 3. The van der Waals surface area contributed by atoms with E-state index in [0.29, 0.717) is 0 Å². The number of cyclic esters (lactones) is 3. The van der Waals surface area contributed by atoms with Crippen LogP contribution in [0.1, 0.15) is 20.8 Å². The molecule has 0 unspecified atom stereocenters. The summed E-state index contributed by atoms with van der Waals surface area (Å²) < 4.78 is 35.3. The lowest BCUT2D eigenvalue weighted by Crippen LogP contribution is -2.52. The van der Waals surface area contributed by atoms with Crippen LogP contribution in [0.3, 0.4) is 0 Å². The number of carbonyl (C=O) groups is 3. The Morgan fingerprint density at radius 3 is 1.00 bits per heavy atom. The van der Waals surface area contributed by atoms with Crippen LogP contribution in [-0.2, 0) is 42.8 Å². The number of nitrogens with two attached hydrogens (primary N) is 3. The molecule has 4 aliphatic rings. The van der Waals surface area contributed by atoms with E-state index in [2.05, 4.69) is 0 Å². The predicted octanol–water partition coefficient (Wildman–Crippen LogP) is -0.509. The lowest BCUT2D eigenvalue weighted by Gasteiger charge is -2.38. The number of rotatable bonds is 3. The van der Waals surface area contributed by atoms with Gasteiger partial charge in [-0.2, -0.15) is 0 Å². The van der Waals surface area contributed by atoms with Gasteiger partial charge in [0.05, 0.1) is 0 Å². The van der Waals surface area contributed by atoms with Gasteiger partial charge < -0.3 is 45.6 Å². The lowest BCUT2D eigenvalue weighted by atomic mass is 9.96. The lowest BCUT2D eigenvalue weighted by molar-refractivity contribution is -0.197. The standard InChI is InChI=1S/C27H39N3O9/c1-13-4-7-16-19(10-28)38-26(32)23-15(3)6-9-18(36-23)21(12-30)39-27(33)24-14(2)5-8-17(35-24)20(11-29)37-25(31)22(13)34-16/h4-9,13-24H,10-12,28-30H2,1-3H3/t13-,14-,15-,16-,17-,18-,19+,20+,21+,22+,23+,24+/m0/s1. The van der Waals surface area contributed by atoms with Gasteiger partial charge in [-0.25, -0.2) is 14.4 Å². The van der Waals surface area contributed by atoms with Crippen LogP contribution < -0.4 is 17.2 Å². The summed E-state index contributed by atoms with van der Waals surface area (Å²) in [5.41, 5.74) is 17.8. The summed E-state index contributed by atoms with van der Waals surface area (Å²) in [6, 6.07) is 0. The minimum Gasteiger partial charge on any atom is -0.456 e. The first kappa shape index (κ1) is 29.4. The van der Waals surface area contributed by atoms with E-state index in [9.17, 15) is 14.4 Å². The van der Waals surface area contributed by atoms with Crippen molar-refractivity contribution in [2.75, 3.05) is 19.6 Å². The Morgan fingerprint density at radius 1 is 0.513 bits per heavy atom. The minimum absolute atomic E-state index is 0.0635. The highest BCUT2D eigenvalue weighted by molar-refractivity contribution is 5.77. The van der Waals surface area contributed by atoms with Gasteiger partial charge in [0.25, 0.3) is 0 Å². The van der Waals surface area contributed by atoms with Crippen molar-refractivity contribution >= 4 is 17.9 Å². The highest BCUT2D eigenvalue weighted by Gasteiger charge is 2.43. The second-order valence-electron chi connectivity index (χ2n) is 10.4. The largest absolute Gasteiger partial charge is 0.456 e. The van der Waals surface area contributed by atoms with Crippen LogP contribution in [-0.4, -0.2) is 92.5 Å². The summed E-state index contributed by atoms with van der Waals surface area (Å²) in [4.78, 5) is 39.7. The molecule has 4 aliphatic heterocycles. The van der Waals surface area contributed by atoms with Gasteiger partial charge in [-0.15, -0.1) is 0 Å². The van der Waals surface area contributed by atoms with Gasteiger partial charge in [-0.05, 0) is 0 Å². The molecule has 0 amide bonds. The van der Waals surface area contributed by atoms with Crippen LogP contribution in [0.25, 0.3) is 0 Å². The summed E-state index contributed by atoms with van der Waals surface area (Å²) in [5.74, 6) is -2.99. The first-order valence-corrected chi connectivity index (χ1v) is 13.4. The van der Waals surface area contributed by atoms with Gasteiger partial charge in [0.2, 0.25) is 0 Å². The summed E-state index contributed by atoms with van der Waals surface area (Å²) in [6.07, 6.45) is 2.47. The van der Waals surface area contributed by atoms with Crippen LogP contribution in [0, 0.1) is 17.8 Å². The topological polar surface area (TPSA) is 185 Å². The Bertz CT molecular complexity index is 877. The summed E-state index contributed by atoms with van der Waals surface area (Å²) >= 11 is 0. The van der Waals surface area contributed by atoms with E-state index < -0.39 is 72.8 Å². The van der Waals surface area contributed by atoms with Gasteiger partial charge in [0, 0.05) is 37.4 Å². The average Bonchev–Trinajstić information content (AvgIpc) is 2.93. The fourth-order valence-electron chi connectivity index (χ4n) is 5.01. The molecule has 0 aliphatic carbocycles. The summed E-state index contributed by atoms with van der Waals surface area (Å²) in [6.45, 7) is 5.21. The molecule has 0 spiro atoms. The fourth-order valence-corrected chi connectivity index (χ4v) is 5.01. The van der Waals surface area contributed by atoms with E-state index in [-0.39, 0.29) is 37.4 Å². The number of fused-ring (bicyclic) bond motifs is 6. The summed E-state index contributed by atoms with van der Waals surface area (Å²) in [7, 11) is 0. The zero-order valence-electron chi connectivity index (χ0n) is 22.4. The molecule has 12 heteroatoms. The van der Waals surface area contributed by atoms with E-state index in [1.165, 1.54) is 0 Å². The van der Waals surface area contributed by atoms with Gasteiger partial charge in [0.15, 0.2) is 18.3 Å². The van der Waals surface area contributed by atoms with Crippen molar-refractivity contribution in [3.63, 3.8) is 0 Å². The number of ether oxygens (including phenoxy) is 6. The maximum atomic E-state index is 13.2.